The number of hydrogen-bond acceptors (Lipinski definition) is 6. The Morgan fingerprint density at radius 3 is 2.48 bits per heavy atom. The van der Waals surface area contributed by atoms with Crippen molar-refractivity contribution in [2.45, 2.75) is 18.6 Å². The number of benzene rings is 1. The van der Waals surface area contributed by atoms with Crippen LogP contribution in [0.1, 0.15) is 23.3 Å². The van der Waals surface area contributed by atoms with E-state index in [9.17, 15) is 13.6 Å². The smallest absolute Gasteiger partial charge is 0.275 e. The van der Waals surface area contributed by atoms with Crippen molar-refractivity contribution in [2.24, 2.45) is 0 Å². The maximum atomic E-state index is 13.6. The van der Waals surface area contributed by atoms with Crippen LogP contribution in [0.3, 0.4) is 0 Å². The van der Waals surface area contributed by atoms with Crippen LogP contribution in [0, 0.1) is 11.6 Å². The summed E-state index contributed by atoms with van der Waals surface area (Å²) in [6.07, 6.45) is 4.31. The summed E-state index contributed by atoms with van der Waals surface area (Å²) >= 11 is 0. The van der Waals surface area contributed by atoms with Gasteiger partial charge in [-0.05, 0) is 12.1 Å². The van der Waals surface area contributed by atoms with Gasteiger partial charge < -0.3 is 19.7 Å². The summed E-state index contributed by atoms with van der Waals surface area (Å²) in [5, 5.41) is 2.36. The van der Waals surface area contributed by atoms with Gasteiger partial charge in [0, 0.05) is 32.0 Å². The van der Waals surface area contributed by atoms with Gasteiger partial charge in [0.05, 0.1) is 31.3 Å². The highest BCUT2D eigenvalue weighted by Crippen LogP contribution is 2.32. The summed E-state index contributed by atoms with van der Waals surface area (Å²) in [6, 6.07) is 2.92. The first-order chi connectivity index (χ1) is 13.0. The van der Waals surface area contributed by atoms with Crippen molar-refractivity contribution in [2.75, 3.05) is 36.5 Å². The Morgan fingerprint density at radius 1 is 1.11 bits per heavy atom. The van der Waals surface area contributed by atoms with Crippen LogP contribution < -0.4 is 10.2 Å². The van der Waals surface area contributed by atoms with Gasteiger partial charge in [0.2, 0.25) is 0 Å². The van der Waals surface area contributed by atoms with Crippen molar-refractivity contribution >= 4 is 17.4 Å². The number of nitrogens with one attached hydrogen (secondary N) is 1. The van der Waals surface area contributed by atoms with E-state index < -0.39 is 23.3 Å². The number of anilines is 2. The molecule has 1 amide bonds. The van der Waals surface area contributed by atoms with E-state index in [1.807, 2.05) is 4.90 Å². The second-order valence-corrected chi connectivity index (χ2v) is 6.43. The van der Waals surface area contributed by atoms with Gasteiger partial charge in [-0.1, -0.05) is 0 Å². The number of aromatic nitrogens is 2. The third-order valence-electron chi connectivity index (χ3n) is 4.71. The quantitative estimate of drug-likeness (QED) is 0.886. The molecule has 0 radical (unpaired) electrons. The van der Waals surface area contributed by atoms with E-state index >= 15 is 0 Å². The summed E-state index contributed by atoms with van der Waals surface area (Å²) < 4.78 is 38.0. The fourth-order valence-corrected chi connectivity index (χ4v) is 3.24. The minimum Gasteiger partial charge on any atom is -0.355 e. The molecule has 4 rings (SSSR count). The molecule has 27 heavy (non-hydrogen) atoms. The number of amides is 1. The summed E-state index contributed by atoms with van der Waals surface area (Å²) in [6.45, 7) is 2.67. The number of rotatable bonds is 3. The molecular formula is C18H18F2N4O3. The molecule has 0 unspecified atom stereocenters. The predicted molar refractivity (Wildman–Crippen MR) is 92.4 cm³/mol. The highest BCUT2D eigenvalue weighted by atomic mass is 19.1. The Labute approximate surface area is 154 Å². The summed E-state index contributed by atoms with van der Waals surface area (Å²) in [7, 11) is 0. The minimum atomic E-state index is -0.855. The number of halogens is 2. The summed E-state index contributed by atoms with van der Waals surface area (Å²) in [5.74, 6) is -2.02. The van der Waals surface area contributed by atoms with Crippen LogP contribution in [0.2, 0.25) is 0 Å². The third-order valence-corrected chi connectivity index (χ3v) is 4.71. The Hall–Kier alpha value is -2.65. The highest BCUT2D eigenvalue weighted by Gasteiger charge is 2.40. The maximum absolute atomic E-state index is 13.6. The molecule has 2 fully saturated rings. The lowest BCUT2D eigenvalue weighted by Crippen LogP contribution is -2.45. The molecule has 1 spiro atoms. The first kappa shape index (κ1) is 17.7. The van der Waals surface area contributed by atoms with Crippen molar-refractivity contribution in [3.8, 4) is 0 Å². The van der Waals surface area contributed by atoms with Gasteiger partial charge in [0.15, 0.2) is 5.79 Å². The third kappa shape index (κ3) is 3.74. The molecule has 1 N–H and O–H groups in total. The molecule has 2 aliphatic rings. The van der Waals surface area contributed by atoms with E-state index in [2.05, 4.69) is 15.3 Å². The van der Waals surface area contributed by atoms with Crippen LogP contribution in [-0.2, 0) is 9.47 Å². The second-order valence-electron chi connectivity index (χ2n) is 6.43. The molecule has 1 aromatic heterocycles. The van der Waals surface area contributed by atoms with Crippen molar-refractivity contribution in [3.05, 3.63) is 47.9 Å². The van der Waals surface area contributed by atoms with Gasteiger partial charge >= 0.3 is 0 Å². The summed E-state index contributed by atoms with van der Waals surface area (Å²) in [5.41, 5.74) is -0.0800. The molecule has 0 aliphatic carbocycles. The van der Waals surface area contributed by atoms with Gasteiger partial charge in [-0.15, -0.1) is 0 Å². The van der Waals surface area contributed by atoms with Gasteiger partial charge in [0.1, 0.15) is 23.1 Å². The molecule has 0 saturated carbocycles. The van der Waals surface area contributed by atoms with E-state index in [1.165, 1.54) is 12.4 Å². The van der Waals surface area contributed by atoms with Gasteiger partial charge in [-0.25, -0.2) is 18.7 Å². The first-order valence-corrected chi connectivity index (χ1v) is 8.66. The average Bonchev–Trinajstić information content (AvgIpc) is 3.13. The molecule has 2 saturated heterocycles. The van der Waals surface area contributed by atoms with Crippen LogP contribution in [-0.4, -0.2) is 48.0 Å². The first-order valence-electron chi connectivity index (χ1n) is 8.66. The van der Waals surface area contributed by atoms with Crippen molar-refractivity contribution < 1.29 is 23.0 Å². The number of nitrogens with zero attached hydrogens (tertiary/aromatic N) is 3. The lowest BCUT2D eigenvalue weighted by Gasteiger charge is -2.37. The number of piperidine rings is 1. The Bertz CT molecular complexity index is 831. The minimum absolute atomic E-state index is 0.0402. The molecule has 0 atom stereocenters. The van der Waals surface area contributed by atoms with Gasteiger partial charge in [0.25, 0.3) is 5.91 Å². The lowest BCUT2D eigenvalue weighted by molar-refractivity contribution is -0.169. The van der Waals surface area contributed by atoms with Gasteiger partial charge in [-0.2, -0.15) is 0 Å². The van der Waals surface area contributed by atoms with E-state index in [0.29, 0.717) is 38.2 Å². The Kier molecular flexibility index (Phi) is 4.71. The van der Waals surface area contributed by atoms with E-state index in [1.54, 1.807) is 0 Å². The molecule has 3 heterocycles. The average molecular weight is 376 g/mol. The monoisotopic (exact) mass is 376 g/mol. The number of hydrogen-bond donors (Lipinski definition) is 1. The van der Waals surface area contributed by atoms with E-state index in [0.717, 1.165) is 25.0 Å². The van der Waals surface area contributed by atoms with Crippen molar-refractivity contribution in [1.29, 1.82) is 0 Å². The number of carbonyl (C=O) groups excluding carboxylic acids is 1. The zero-order valence-electron chi connectivity index (χ0n) is 14.5. The second kappa shape index (κ2) is 7.16. The fraction of sp³-hybridized carbons (Fsp3) is 0.389. The largest absolute Gasteiger partial charge is 0.355 e. The predicted octanol–water partition coefficient (Wildman–Crippen LogP) is 2.35. The molecule has 0 bridgehead atoms. The molecule has 1 aromatic carbocycles. The molecule has 7 nitrogen and oxygen atoms in total. The van der Waals surface area contributed by atoms with Crippen LogP contribution in [0.25, 0.3) is 0 Å². The highest BCUT2D eigenvalue weighted by molar-refractivity contribution is 6.02. The van der Waals surface area contributed by atoms with Crippen LogP contribution in [0.5, 0.6) is 0 Å². The molecular weight excluding hydrogens is 358 g/mol. The Balaban J connectivity index is 1.39. The zero-order valence-corrected chi connectivity index (χ0v) is 14.5. The normalized spacial score (nSPS) is 18.7. The molecule has 2 aromatic rings. The topological polar surface area (TPSA) is 76.6 Å². The summed E-state index contributed by atoms with van der Waals surface area (Å²) in [4.78, 5) is 22.6. The number of ether oxygens (including phenoxy) is 2. The lowest BCUT2D eigenvalue weighted by atomic mass is 10.0. The number of carbonyl (C=O) groups is 1. The zero-order chi connectivity index (χ0) is 18.9. The standard InChI is InChI=1S/C18H18F2N4O3/c19-12-1-2-14(13(20)9-12)23-17(25)15-10-22-16(11-21-15)24-5-3-18(4-6-24)26-7-8-27-18/h1-2,9-11H,3-8H2,(H,23,25). The maximum Gasteiger partial charge on any atom is 0.275 e. The van der Waals surface area contributed by atoms with Crippen molar-refractivity contribution in [1.82, 2.24) is 9.97 Å². The molecule has 9 heteroatoms. The van der Waals surface area contributed by atoms with E-state index in [4.69, 9.17) is 9.47 Å². The van der Waals surface area contributed by atoms with E-state index in [-0.39, 0.29) is 11.4 Å². The SMILES string of the molecule is O=C(Nc1ccc(F)cc1F)c1cnc(N2CCC3(CC2)OCCO3)cn1. The van der Waals surface area contributed by atoms with Gasteiger partial charge in [-0.3, -0.25) is 4.79 Å². The van der Waals surface area contributed by atoms with Crippen LogP contribution in [0.15, 0.2) is 30.6 Å². The molecule has 2 aliphatic heterocycles. The van der Waals surface area contributed by atoms with Crippen molar-refractivity contribution in [3.63, 3.8) is 0 Å². The van der Waals surface area contributed by atoms with Crippen LogP contribution >= 0.6 is 0 Å². The fourth-order valence-electron chi connectivity index (χ4n) is 3.24. The Morgan fingerprint density at radius 2 is 1.85 bits per heavy atom. The van der Waals surface area contributed by atoms with Crippen LogP contribution in [0.4, 0.5) is 20.3 Å². The molecule has 142 valence electrons.